The second-order valence-electron chi connectivity index (χ2n) is 7.08. The summed E-state index contributed by atoms with van der Waals surface area (Å²) in [5, 5.41) is 5.32. The van der Waals surface area contributed by atoms with E-state index in [4.69, 9.17) is 4.42 Å². The molecule has 0 aliphatic carbocycles. The van der Waals surface area contributed by atoms with Gasteiger partial charge < -0.3 is 15.1 Å². The van der Waals surface area contributed by atoms with Crippen LogP contribution in [-0.4, -0.2) is 20.2 Å². The highest BCUT2D eigenvalue weighted by Gasteiger charge is 2.18. The van der Waals surface area contributed by atoms with Crippen LogP contribution in [0.25, 0.3) is 0 Å². The molecular formula is C24H18FN3O5S. The van der Waals surface area contributed by atoms with E-state index >= 15 is 0 Å². The summed E-state index contributed by atoms with van der Waals surface area (Å²) in [4.78, 5) is 24.5. The largest absolute Gasteiger partial charge is 0.459 e. The molecule has 0 spiro atoms. The van der Waals surface area contributed by atoms with Gasteiger partial charge >= 0.3 is 0 Å². The molecule has 0 saturated heterocycles. The van der Waals surface area contributed by atoms with Gasteiger partial charge in [-0.3, -0.25) is 14.3 Å². The number of benzene rings is 3. The molecule has 0 radical (unpaired) electrons. The quantitative estimate of drug-likeness (QED) is 0.354. The van der Waals surface area contributed by atoms with Crippen molar-refractivity contribution in [3.63, 3.8) is 0 Å². The molecule has 8 nitrogen and oxygen atoms in total. The van der Waals surface area contributed by atoms with Crippen LogP contribution in [0.5, 0.6) is 0 Å². The molecule has 0 saturated carbocycles. The van der Waals surface area contributed by atoms with E-state index in [0.29, 0.717) is 11.4 Å². The number of anilines is 3. The molecule has 0 unspecified atom stereocenters. The molecule has 0 bridgehead atoms. The molecule has 4 aromatic rings. The molecule has 172 valence electrons. The summed E-state index contributed by atoms with van der Waals surface area (Å²) in [7, 11) is -4.12. The smallest absolute Gasteiger partial charge is 0.291 e. The Morgan fingerprint density at radius 2 is 1.44 bits per heavy atom. The van der Waals surface area contributed by atoms with Crippen LogP contribution >= 0.6 is 0 Å². The first kappa shape index (κ1) is 22.7. The van der Waals surface area contributed by atoms with Gasteiger partial charge in [-0.1, -0.05) is 18.2 Å². The predicted octanol–water partition coefficient (Wildman–Crippen LogP) is 4.72. The summed E-state index contributed by atoms with van der Waals surface area (Å²) in [6, 6.07) is 20.2. The molecule has 0 atom stereocenters. The molecule has 0 aliphatic heterocycles. The summed E-state index contributed by atoms with van der Waals surface area (Å²) in [6.07, 6.45) is 1.39. The Labute approximate surface area is 194 Å². The maximum absolute atomic E-state index is 13.8. The minimum absolute atomic E-state index is 0.0895. The lowest BCUT2D eigenvalue weighted by molar-refractivity contribution is 0.0994. The summed E-state index contributed by atoms with van der Waals surface area (Å²) >= 11 is 0. The third-order valence-electron chi connectivity index (χ3n) is 4.67. The Morgan fingerprint density at radius 3 is 2.09 bits per heavy atom. The van der Waals surface area contributed by atoms with E-state index in [-0.39, 0.29) is 21.9 Å². The molecule has 1 heterocycles. The van der Waals surface area contributed by atoms with Crippen molar-refractivity contribution in [3.8, 4) is 0 Å². The fourth-order valence-corrected chi connectivity index (χ4v) is 4.11. The zero-order chi connectivity index (χ0) is 24.1. The van der Waals surface area contributed by atoms with Crippen molar-refractivity contribution < 1.29 is 26.8 Å². The minimum Gasteiger partial charge on any atom is -0.459 e. The zero-order valence-corrected chi connectivity index (χ0v) is 18.3. The average molecular weight is 479 g/mol. The molecule has 1 aromatic heterocycles. The third kappa shape index (κ3) is 5.30. The minimum atomic E-state index is -4.12. The molecule has 0 aliphatic rings. The topological polar surface area (TPSA) is 118 Å². The van der Waals surface area contributed by atoms with Gasteiger partial charge in [0.2, 0.25) is 0 Å². The number of sulfonamides is 1. The summed E-state index contributed by atoms with van der Waals surface area (Å²) in [6.45, 7) is 0. The lowest BCUT2D eigenvalue weighted by Crippen LogP contribution is -2.16. The summed E-state index contributed by atoms with van der Waals surface area (Å²) < 4.78 is 46.3. The number of halogens is 1. The zero-order valence-electron chi connectivity index (χ0n) is 17.5. The Morgan fingerprint density at radius 1 is 0.765 bits per heavy atom. The Hall–Kier alpha value is -4.44. The van der Waals surface area contributed by atoms with Gasteiger partial charge in [0.05, 0.1) is 16.8 Å². The van der Waals surface area contributed by atoms with E-state index < -0.39 is 27.7 Å². The second-order valence-corrected chi connectivity index (χ2v) is 8.76. The van der Waals surface area contributed by atoms with Gasteiger partial charge in [-0.25, -0.2) is 12.8 Å². The number of hydrogen-bond acceptors (Lipinski definition) is 5. The highest BCUT2D eigenvalue weighted by molar-refractivity contribution is 7.92. The monoisotopic (exact) mass is 479 g/mol. The molecule has 3 N–H and O–H groups in total. The number of hydrogen-bond donors (Lipinski definition) is 3. The predicted molar refractivity (Wildman–Crippen MR) is 125 cm³/mol. The Kier molecular flexibility index (Phi) is 6.42. The maximum Gasteiger partial charge on any atom is 0.291 e. The molecule has 4 rings (SSSR count). The molecule has 10 heteroatoms. The van der Waals surface area contributed by atoms with E-state index in [9.17, 15) is 22.4 Å². The van der Waals surface area contributed by atoms with E-state index in [2.05, 4.69) is 15.4 Å². The van der Waals surface area contributed by atoms with Crippen LogP contribution in [0.1, 0.15) is 20.9 Å². The number of furan rings is 1. The number of nitrogens with one attached hydrogen (secondary N) is 3. The second kappa shape index (κ2) is 9.59. The van der Waals surface area contributed by atoms with Crippen molar-refractivity contribution in [1.29, 1.82) is 0 Å². The lowest BCUT2D eigenvalue weighted by atomic mass is 10.2. The Balaban J connectivity index is 1.44. The number of amides is 2. The van der Waals surface area contributed by atoms with Gasteiger partial charge in [0.15, 0.2) is 5.76 Å². The van der Waals surface area contributed by atoms with E-state index in [1.165, 1.54) is 54.8 Å². The number of rotatable bonds is 7. The summed E-state index contributed by atoms with van der Waals surface area (Å²) in [5.74, 6) is -1.51. The third-order valence-corrected chi connectivity index (χ3v) is 6.03. The van der Waals surface area contributed by atoms with Crippen molar-refractivity contribution in [1.82, 2.24) is 0 Å². The number of carbonyl (C=O) groups is 2. The van der Waals surface area contributed by atoms with Gasteiger partial charge in [0.1, 0.15) is 5.82 Å². The van der Waals surface area contributed by atoms with Gasteiger partial charge in [0.25, 0.3) is 21.8 Å². The number of para-hydroxylation sites is 1. The van der Waals surface area contributed by atoms with E-state index in [0.717, 1.165) is 6.07 Å². The van der Waals surface area contributed by atoms with Gasteiger partial charge in [-0.2, -0.15) is 0 Å². The molecule has 0 fully saturated rings. The van der Waals surface area contributed by atoms with Gasteiger partial charge in [-0.05, 0) is 66.7 Å². The molecule has 2 amide bonds. The first-order chi connectivity index (χ1) is 16.3. The molecule has 3 aromatic carbocycles. The molecular weight excluding hydrogens is 461 g/mol. The van der Waals surface area contributed by atoms with Crippen LogP contribution < -0.4 is 15.4 Å². The van der Waals surface area contributed by atoms with Crippen LogP contribution in [0.4, 0.5) is 21.5 Å². The van der Waals surface area contributed by atoms with Crippen LogP contribution in [0, 0.1) is 5.82 Å². The van der Waals surface area contributed by atoms with Crippen molar-refractivity contribution in [2.24, 2.45) is 0 Å². The van der Waals surface area contributed by atoms with Crippen LogP contribution in [0.2, 0.25) is 0 Å². The highest BCUT2D eigenvalue weighted by atomic mass is 32.2. The van der Waals surface area contributed by atoms with Crippen LogP contribution in [0.15, 0.2) is 101 Å². The SMILES string of the molecule is O=C(Nc1ccc(NC(=O)c2ccco2)cc1)c1cccc(S(=O)(=O)Nc2ccccc2F)c1. The fourth-order valence-electron chi connectivity index (χ4n) is 2.99. The highest BCUT2D eigenvalue weighted by Crippen LogP contribution is 2.21. The van der Waals surface area contributed by atoms with Gasteiger partial charge in [0, 0.05) is 16.9 Å². The Bertz CT molecular complexity index is 1440. The van der Waals surface area contributed by atoms with E-state index in [1.807, 2.05) is 0 Å². The van der Waals surface area contributed by atoms with Crippen molar-refractivity contribution in [2.75, 3.05) is 15.4 Å². The first-order valence-corrected chi connectivity index (χ1v) is 11.4. The standard InChI is InChI=1S/C24H18FN3O5S/c25-20-7-1-2-8-21(20)28-34(31,32)19-6-3-5-16(15-19)23(29)26-17-10-12-18(13-11-17)27-24(30)22-9-4-14-33-22/h1-15,28H,(H,26,29)(H,27,30). The van der Waals surface area contributed by atoms with Crippen molar-refractivity contribution >= 4 is 38.9 Å². The van der Waals surface area contributed by atoms with Crippen molar-refractivity contribution in [2.45, 2.75) is 4.90 Å². The van der Waals surface area contributed by atoms with Crippen LogP contribution in [-0.2, 0) is 10.0 Å². The van der Waals surface area contributed by atoms with Crippen LogP contribution in [0.3, 0.4) is 0 Å². The normalized spacial score (nSPS) is 11.0. The van der Waals surface area contributed by atoms with Crippen molar-refractivity contribution in [3.05, 3.63) is 108 Å². The van der Waals surface area contributed by atoms with Gasteiger partial charge in [-0.15, -0.1) is 0 Å². The lowest BCUT2D eigenvalue weighted by Gasteiger charge is -2.11. The first-order valence-electron chi connectivity index (χ1n) is 9.95. The number of carbonyl (C=O) groups excluding carboxylic acids is 2. The summed E-state index contributed by atoms with van der Waals surface area (Å²) in [5.41, 5.74) is 0.814. The molecule has 34 heavy (non-hydrogen) atoms. The van der Waals surface area contributed by atoms with E-state index in [1.54, 1.807) is 30.3 Å². The average Bonchev–Trinajstić information content (AvgIpc) is 3.37. The fraction of sp³-hybridized carbons (Fsp3) is 0. The maximum atomic E-state index is 13.8.